The van der Waals surface area contributed by atoms with E-state index >= 15 is 0 Å². The summed E-state index contributed by atoms with van der Waals surface area (Å²) in [6, 6.07) is 6.29. The number of aryl methyl sites for hydroxylation is 2. The van der Waals surface area contributed by atoms with Crippen molar-refractivity contribution in [2.24, 2.45) is 7.05 Å². The summed E-state index contributed by atoms with van der Waals surface area (Å²) in [5.74, 6) is 0. The predicted molar refractivity (Wildman–Crippen MR) is 79.0 cm³/mol. The lowest BCUT2D eigenvalue weighted by molar-refractivity contribution is 0.199. The molecule has 2 aromatic rings. The Bertz CT molecular complexity index is 736. The van der Waals surface area contributed by atoms with Crippen molar-refractivity contribution in [2.45, 2.75) is 31.4 Å². The summed E-state index contributed by atoms with van der Waals surface area (Å²) in [7, 11) is -1.83. The number of hydrogen-bond donors (Lipinski definition) is 2. The second-order valence-electron chi connectivity index (χ2n) is 4.99. The number of nitrogens with zero attached hydrogens (tertiary/aromatic N) is 2. The number of aromatic nitrogens is 2. The molecule has 0 saturated heterocycles. The summed E-state index contributed by atoms with van der Waals surface area (Å²) in [6.45, 7) is 3.61. The number of sulfonamides is 1. The van der Waals surface area contributed by atoms with Crippen molar-refractivity contribution < 1.29 is 13.5 Å². The number of hydrogen-bond acceptors (Lipinski definition) is 4. The molecule has 114 valence electrons. The van der Waals surface area contributed by atoms with Crippen molar-refractivity contribution in [1.82, 2.24) is 14.5 Å². The molecular weight excluding hydrogens is 290 g/mol. The van der Waals surface area contributed by atoms with Crippen LogP contribution in [0.25, 0.3) is 0 Å². The molecule has 0 saturated carbocycles. The molecule has 0 fully saturated rings. The number of nitrogens with one attached hydrogen (secondary N) is 1. The zero-order chi connectivity index (χ0) is 15.6. The third-order valence-electron chi connectivity index (χ3n) is 3.22. The number of rotatable bonds is 5. The molecule has 0 bridgehead atoms. The van der Waals surface area contributed by atoms with Crippen molar-refractivity contribution in [3.05, 3.63) is 47.3 Å². The molecule has 0 spiro atoms. The fourth-order valence-electron chi connectivity index (χ4n) is 2.02. The number of aliphatic hydroxyl groups is 1. The minimum atomic E-state index is -3.62. The Hall–Kier alpha value is -1.70. The van der Waals surface area contributed by atoms with Crippen LogP contribution in [0, 0.1) is 6.92 Å². The van der Waals surface area contributed by atoms with Crippen LogP contribution in [-0.4, -0.2) is 23.3 Å². The highest BCUT2D eigenvalue weighted by molar-refractivity contribution is 7.89. The molecule has 21 heavy (non-hydrogen) atoms. The van der Waals surface area contributed by atoms with E-state index in [0.29, 0.717) is 5.56 Å². The van der Waals surface area contributed by atoms with Gasteiger partial charge in [0.05, 0.1) is 16.7 Å². The lowest BCUT2D eigenvalue weighted by atomic mass is 10.1. The minimum absolute atomic E-state index is 0.141. The molecule has 1 heterocycles. The first-order chi connectivity index (χ1) is 9.79. The zero-order valence-corrected chi connectivity index (χ0v) is 13.1. The summed E-state index contributed by atoms with van der Waals surface area (Å²) in [5.41, 5.74) is 2.18. The van der Waals surface area contributed by atoms with E-state index in [0.717, 1.165) is 11.3 Å². The molecule has 6 nitrogen and oxygen atoms in total. The molecule has 0 radical (unpaired) electrons. The largest absolute Gasteiger partial charge is 0.389 e. The molecule has 0 amide bonds. The molecule has 0 aliphatic rings. The van der Waals surface area contributed by atoms with Crippen molar-refractivity contribution >= 4 is 10.0 Å². The highest BCUT2D eigenvalue weighted by atomic mass is 32.2. The van der Waals surface area contributed by atoms with Crippen LogP contribution in [0.2, 0.25) is 0 Å². The average Bonchev–Trinajstić information content (AvgIpc) is 2.75. The van der Waals surface area contributed by atoms with E-state index in [4.69, 9.17) is 0 Å². The van der Waals surface area contributed by atoms with E-state index in [1.54, 1.807) is 37.0 Å². The number of benzene rings is 1. The van der Waals surface area contributed by atoms with E-state index in [9.17, 15) is 13.5 Å². The lowest BCUT2D eigenvalue weighted by Gasteiger charge is -2.09. The highest BCUT2D eigenvalue weighted by Crippen LogP contribution is 2.17. The van der Waals surface area contributed by atoms with Gasteiger partial charge in [-0.05, 0) is 31.5 Å². The summed E-state index contributed by atoms with van der Waals surface area (Å²) < 4.78 is 28.8. The van der Waals surface area contributed by atoms with Gasteiger partial charge in [-0.3, -0.25) is 4.68 Å². The molecular formula is C14H19N3O3S. The van der Waals surface area contributed by atoms with Gasteiger partial charge in [-0.2, -0.15) is 5.10 Å². The molecule has 1 unspecified atom stereocenters. The SMILES string of the molecule is Cc1nn(C)cc1CNS(=O)(=O)c1cccc(C(C)O)c1. The summed E-state index contributed by atoms with van der Waals surface area (Å²) in [5, 5.41) is 13.7. The van der Waals surface area contributed by atoms with Gasteiger partial charge in [0.15, 0.2) is 0 Å². The van der Waals surface area contributed by atoms with Gasteiger partial charge in [-0.15, -0.1) is 0 Å². The molecule has 2 rings (SSSR count). The first-order valence-corrected chi connectivity index (χ1v) is 8.05. The fourth-order valence-corrected chi connectivity index (χ4v) is 3.08. The molecule has 0 aliphatic carbocycles. The van der Waals surface area contributed by atoms with E-state index < -0.39 is 16.1 Å². The van der Waals surface area contributed by atoms with E-state index in [1.807, 2.05) is 6.92 Å². The molecule has 0 aliphatic heterocycles. The van der Waals surface area contributed by atoms with Gasteiger partial charge >= 0.3 is 0 Å². The molecule has 1 aromatic carbocycles. The maximum absolute atomic E-state index is 12.3. The Labute approximate surface area is 124 Å². The predicted octanol–water partition coefficient (Wildman–Crippen LogP) is 1.26. The Kier molecular flexibility index (Phi) is 4.46. The monoisotopic (exact) mass is 309 g/mol. The van der Waals surface area contributed by atoms with Crippen LogP contribution < -0.4 is 4.72 Å². The minimum Gasteiger partial charge on any atom is -0.389 e. The lowest BCUT2D eigenvalue weighted by Crippen LogP contribution is -2.23. The van der Waals surface area contributed by atoms with Crippen LogP contribution in [-0.2, 0) is 23.6 Å². The Morgan fingerprint density at radius 2 is 2.14 bits per heavy atom. The summed E-state index contributed by atoms with van der Waals surface area (Å²) in [4.78, 5) is 0.141. The van der Waals surface area contributed by atoms with Crippen molar-refractivity contribution in [1.29, 1.82) is 0 Å². The van der Waals surface area contributed by atoms with Gasteiger partial charge in [-0.25, -0.2) is 13.1 Å². The van der Waals surface area contributed by atoms with Crippen LogP contribution in [0.5, 0.6) is 0 Å². The van der Waals surface area contributed by atoms with Crippen LogP contribution in [0.3, 0.4) is 0 Å². The van der Waals surface area contributed by atoms with Crippen molar-refractivity contribution in [2.75, 3.05) is 0 Å². The summed E-state index contributed by atoms with van der Waals surface area (Å²) >= 11 is 0. The topological polar surface area (TPSA) is 84.2 Å². The Balaban J connectivity index is 2.19. The van der Waals surface area contributed by atoms with Crippen molar-refractivity contribution in [3.63, 3.8) is 0 Å². The third kappa shape index (κ3) is 3.69. The second kappa shape index (κ2) is 5.97. The quantitative estimate of drug-likeness (QED) is 0.871. The molecule has 2 N–H and O–H groups in total. The van der Waals surface area contributed by atoms with E-state index in [-0.39, 0.29) is 11.4 Å². The summed E-state index contributed by atoms with van der Waals surface area (Å²) in [6.07, 6.45) is 1.07. The Morgan fingerprint density at radius 3 is 2.71 bits per heavy atom. The smallest absolute Gasteiger partial charge is 0.240 e. The second-order valence-corrected chi connectivity index (χ2v) is 6.75. The standard InChI is InChI=1S/C14H19N3O3S/c1-10-13(9-17(3)16-10)8-15-21(19,20)14-6-4-5-12(7-14)11(2)18/h4-7,9,11,15,18H,8H2,1-3H3. The fraction of sp³-hybridized carbons (Fsp3) is 0.357. The van der Waals surface area contributed by atoms with Gasteiger partial charge in [-0.1, -0.05) is 12.1 Å². The van der Waals surface area contributed by atoms with Gasteiger partial charge < -0.3 is 5.11 Å². The zero-order valence-electron chi connectivity index (χ0n) is 12.2. The van der Waals surface area contributed by atoms with Crippen LogP contribution in [0.15, 0.2) is 35.4 Å². The molecule has 1 aromatic heterocycles. The maximum atomic E-state index is 12.3. The average molecular weight is 309 g/mol. The number of aliphatic hydroxyl groups excluding tert-OH is 1. The van der Waals surface area contributed by atoms with E-state index in [2.05, 4.69) is 9.82 Å². The molecule has 7 heteroatoms. The van der Waals surface area contributed by atoms with Gasteiger partial charge in [0.1, 0.15) is 0 Å². The van der Waals surface area contributed by atoms with Crippen LogP contribution in [0.4, 0.5) is 0 Å². The Morgan fingerprint density at radius 1 is 1.43 bits per heavy atom. The highest BCUT2D eigenvalue weighted by Gasteiger charge is 2.16. The van der Waals surface area contributed by atoms with E-state index in [1.165, 1.54) is 12.1 Å². The van der Waals surface area contributed by atoms with Crippen molar-refractivity contribution in [3.8, 4) is 0 Å². The van der Waals surface area contributed by atoms with Crippen LogP contribution in [0.1, 0.15) is 29.8 Å². The normalized spacial score (nSPS) is 13.3. The first kappa shape index (κ1) is 15.7. The first-order valence-electron chi connectivity index (χ1n) is 6.56. The van der Waals surface area contributed by atoms with Gasteiger partial charge in [0.25, 0.3) is 0 Å². The van der Waals surface area contributed by atoms with Crippen LogP contribution >= 0.6 is 0 Å². The molecule has 1 atom stereocenters. The van der Waals surface area contributed by atoms with Gasteiger partial charge in [0, 0.05) is 25.4 Å². The van der Waals surface area contributed by atoms with Gasteiger partial charge in [0.2, 0.25) is 10.0 Å². The maximum Gasteiger partial charge on any atom is 0.240 e. The third-order valence-corrected chi connectivity index (χ3v) is 4.62.